The van der Waals surface area contributed by atoms with Crippen LogP contribution in [0.3, 0.4) is 0 Å². The fraction of sp³-hybridized carbons (Fsp3) is 0.417. The molecule has 0 aromatic heterocycles. The van der Waals surface area contributed by atoms with Gasteiger partial charge in [0.2, 0.25) is 0 Å². The van der Waals surface area contributed by atoms with Crippen LogP contribution >= 0.6 is 11.8 Å². The lowest BCUT2D eigenvalue weighted by Crippen LogP contribution is -2.32. The first kappa shape index (κ1) is 11.5. The van der Waals surface area contributed by atoms with E-state index >= 15 is 0 Å². The molecule has 86 valence electrons. The number of phenolic OH excluding ortho intramolecular Hbond substituents is 1. The summed E-state index contributed by atoms with van der Waals surface area (Å²) in [6.07, 6.45) is 0.0562. The molecule has 1 unspecified atom stereocenters. The van der Waals surface area contributed by atoms with Gasteiger partial charge in [-0.05, 0) is 17.7 Å². The highest BCUT2D eigenvalue weighted by atomic mass is 32.2. The molecule has 1 aliphatic heterocycles. The molecule has 1 aromatic rings. The fourth-order valence-corrected chi connectivity index (χ4v) is 2.53. The summed E-state index contributed by atoms with van der Waals surface area (Å²) < 4.78 is 5.41. The van der Waals surface area contributed by atoms with E-state index in [0.29, 0.717) is 13.0 Å². The molecule has 1 fully saturated rings. The van der Waals surface area contributed by atoms with Crippen LogP contribution in [-0.2, 0) is 16.0 Å². The maximum Gasteiger partial charge on any atom is 0.166 e. The molecule has 1 atom stereocenters. The SMILES string of the molecule is O=C(Cc1cccc(O)c1)C1CSCCO1. The molecule has 1 heterocycles. The van der Waals surface area contributed by atoms with Gasteiger partial charge in [-0.15, -0.1) is 0 Å². The summed E-state index contributed by atoms with van der Waals surface area (Å²) in [6, 6.07) is 6.80. The highest BCUT2D eigenvalue weighted by Gasteiger charge is 2.22. The maximum absolute atomic E-state index is 11.9. The quantitative estimate of drug-likeness (QED) is 0.869. The Labute approximate surface area is 98.8 Å². The third kappa shape index (κ3) is 3.00. The number of hydrogen-bond donors (Lipinski definition) is 1. The summed E-state index contributed by atoms with van der Waals surface area (Å²) in [5, 5.41) is 9.29. The minimum absolute atomic E-state index is 0.0952. The Morgan fingerprint density at radius 2 is 2.44 bits per heavy atom. The van der Waals surface area contributed by atoms with Crippen LogP contribution < -0.4 is 0 Å². The average molecular weight is 238 g/mol. The average Bonchev–Trinajstić information content (AvgIpc) is 2.30. The molecule has 4 heteroatoms. The molecule has 0 amide bonds. The molecule has 0 spiro atoms. The van der Waals surface area contributed by atoms with Gasteiger partial charge in [-0.3, -0.25) is 4.79 Å². The number of carbonyl (C=O) groups is 1. The highest BCUT2D eigenvalue weighted by Crippen LogP contribution is 2.17. The zero-order valence-electron chi connectivity index (χ0n) is 8.89. The summed E-state index contributed by atoms with van der Waals surface area (Å²) in [6.45, 7) is 0.654. The molecule has 0 bridgehead atoms. The minimum atomic E-state index is -0.277. The van der Waals surface area contributed by atoms with E-state index in [9.17, 15) is 9.90 Å². The normalized spacial score (nSPS) is 20.6. The maximum atomic E-state index is 11.9. The number of thioether (sulfide) groups is 1. The second-order valence-corrected chi connectivity index (χ2v) is 4.90. The van der Waals surface area contributed by atoms with Crippen LogP contribution in [0.1, 0.15) is 5.56 Å². The van der Waals surface area contributed by atoms with E-state index in [4.69, 9.17) is 4.74 Å². The number of phenols is 1. The Bertz CT molecular complexity index is 372. The van der Waals surface area contributed by atoms with Gasteiger partial charge in [0.15, 0.2) is 5.78 Å². The van der Waals surface area contributed by atoms with Crippen LogP contribution in [0.15, 0.2) is 24.3 Å². The van der Waals surface area contributed by atoms with Gasteiger partial charge in [-0.2, -0.15) is 11.8 Å². The van der Waals surface area contributed by atoms with Gasteiger partial charge in [0.1, 0.15) is 11.9 Å². The highest BCUT2D eigenvalue weighted by molar-refractivity contribution is 7.99. The Morgan fingerprint density at radius 1 is 1.56 bits per heavy atom. The minimum Gasteiger partial charge on any atom is -0.508 e. The molecule has 1 N–H and O–H groups in total. The number of rotatable bonds is 3. The van der Waals surface area contributed by atoms with E-state index in [-0.39, 0.29) is 17.6 Å². The molecule has 1 aliphatic rings. The molecule has 1 aromatic carbocycles. The topological polar surface area (TPSA) is 46.5 Å². The summed E-state index contributed by atoms with van der Waals surface area (Å²) in [4.78, 5) is 11.9. The van der Waals surface area contributed by atoms with E-state index in [0.717, 1.165) is 17.1 Å². The first-order chi connectivity index (χ1) is 7.75. The van der Waals surface area contributed by atoms with Crippen molar-refractivity contribution in [3.05, 3.63) is 29.8 Å². The molecular formula is C12H14O3S. The van der Waals surface area contributed by atoms with Gasteiger partial charge >= 0.3 is 0 Å². The lowest BCUT2D eigenvalue weighted by molar-refractivity contribution is -0.128. The third-order valence-corrected chi connectivity index (χ3v) is 3.46. The first-order valence-electron chi connectivity index (χ1n) is 5.25. The Balaban J connectivity index is 1.96. The summed E-state index contributed by atoms with van der Waals surface area (Å²) >= 11 is 1.75. The molecule has 3 nitrogen and oxygen atoms in total. The predicted octanol–water partition coefficient (Wildman–Crippen LogP) is 1.64. The zero-order valence-corrected chi connectivity index (χ0v) is 9.70. The van der Waals surface area contributed by atoms with Crippen molar-refractivity contribution >= 4 is 17.5 Å². The molecule has 0 radical (unpaired) electrons. The van der Waals surface area contributed by atoms with Crippen molar-refractivity contribution in [3.8, 4) is 5.75 Å². The second kappa shape index (κ2) is 5.37. The van der Waals surface area contributed by atoms with Gasteiger partial charge in [-0.1, -0.05) is 12.1 Å². The van der Waals surface area contributed by atoms with E-state index < -0.39 is 0 Å². The first-order valence-corrected chi connectivity index (χ1v) is 6.41. The van der Waals surface area contributed by atoms with Crippen molar-refractivity contribution in [2.45, 2.75) is 12.5 Å². The molecule has 2 rings (SSSR count). The predicted molar refractivity (Wildman–Crippen MR) is 63.9 cm³/mol. The fourth-order valence-electron chi connectivity index (χ4n) is 1.66. The number of ether oxygens (including phenoxy) is 1. The smallest absolute Gasteiger partial charge is 0.166 e. The number of benzene rings is 1. The van der Waals surface area contributed by atoms with Crippen molar-refractivity contribution in [2.24, 2.45) is 0 Å². The summed E-state index contributed by atoms with van der Waals surface area (Å²) in [7, 11) is 0. The molecule has 16 heavy (non-hydrogen) atoms. The van der Waals surface area contributed by atoms with Crippen LogP contribution in [-0.4, -0.2) is 35.1 Å². The van der Waals surface area contributed by atoms with Crippen LogP contribution in [0, 0.1) is 0 Å². The molecule has 0 saturated carbocycles. The number of Topliss-reactive ketones (excluding diaryl/α,β-unsaturated/α-hetero) is 1. The van der Waals surface area contributed by atoms with E-state index in [1.807, 2.05) is 6.07 Å². The number of hydrogen-bond acceptors (Lipinski definition) is 4. The van der Waals surface area contributed by atoms with Crippen molar-refractivity contribution in [3.63, 3.8) is 0 Å². The van der Waals surface area contributed by atoms with Gasteiger partial charge in [0.05, 0.1) is 6.61 Å². The number of carbonyl (C=O) groups excluding carboxylic acids is 1. The summed E-state index contributed by atoms with van der Waals surface area (Å²) in [5.74, 6) is 2.01. The van der Waals surface area contributed by atoms with Crippen LogP contribution in [0.2, 0.25) is 0 Å². The monoisotopic (exact) mass is 238 g/mol. The van der Waals surface area contributed by atoms with Crippen molar-refractivity contribution in [1.82, 2.24) is 0 Å². The van der Waals surface area contributed by atoms with Crippen LogP contribution in [0.5, 0.6) is 5.75 Å². The lowest BCUT2D eigenvalue weighted by atomic mass is 10.1. The van der Waals surface area contributed by atoms with Gasteiger partial charge in [0.25, 0.3) is 0 Å². The van der Waals surface area contributed by atoms with E-state index in [1.54, 1.807) is 30.0 Å². The number of ketones is 1. The van der Waals surface area contributed by atoms with Gasteiger partial charge in [-0.25, -0.2) is 0 Å². The Hall–Kier alpha value is -1.00. The third-order valence-electron chi connectivity index (χ3n) is 2.46. The standard InChI is InChI=1S/C12H14O3S/c13-10-3-1-2-9(6-10)7-11(14)12-8-16-5-4-15-12/h1-3,6,12-13H,4-5,7-8H2. The molecular weight excluding hydrogens is 224 g/mol. The van der Waals surface area contributed by atoms with Crippen LogP contribution in [0.25, 0.3) is 0 Å². The Morgan fingerprint density at radius 3 is 3.12 bits per heavy atom. The Kier molecular flexibility index (Phi) is 3.85. The van der Waals surface area contributed by atoms with Crippen LogP contribution in [0.4, 0.5) is 0 Å². The lowest BCUT2D eigenvalue weighted by Gasteiger charge is -2.20. The van der Waals surface area contributed by atoms with Crippen molar-refractivity contribution in [2.75, 3.05) is 18.1 Å². The van der Waals surface area contributed by atoms with Gasteiger partial charge < -0.3 is 9.84 Å². The van der Waals surface area contributed by atoms with E-state index in [2.05, 4.69) is 0 Å². The number of aromatic hydroxyl groups is 1. The largest absolute Gasteiger partial charge is 0.508 e. The van der Waals surface area contributed by atoms with Crippen molar-refractivity contribution in [1.29, 1.82) is 0 Å². The van der Waals surface area contributed by atoms with Gasteiger partial charge in [0, 0.05) is 17.9 Å². The van der Waals surface area contributed by atoms with E-state index in [1.165, 1.54) is 0 Å². The zero-order chi connectivity index (χ0) is 11.4. The molecule has 1 saturated heterocycles. The molecule has 0 aliphatic carbocycles. The van der Waals surface area contributed by atoms with Crippen molar-refractivity contribution < 1.29 is 14.6 Å². The summed E-state index contributed by atoms with van der Waals surface area (Å²) in [5.41, 5.74) is 0.837. The second-order valence-electron chi connectivity index (χ2n) is 3.75.